The number of carbonyl (C=O) groups excluding carboxylic acids is 2. The summed E-state index contributed by atoms with van der Waals surface area (Å²) in [7, 11) is 0. The van der Waals surface area contributed by atoms with Crippen LogP contribution in [-0.2, 0) is 9.59 Å². The quantitative estimate of drug-likeness (QED) is 0.809. The first-order valence-electron chi connectivity index (χ1n) is 7.52. The molecular weight excluding hydrogens is 274 g/mol. The number of urea groups is 1. The summed E-state index contributed by atoms with van der Waals surface area (Å²) < 4.78 is 0. The second kappa shape index (κ2) is 6.78. The Bertz CT molecular complexity index is 418. The van der Waals surface area contributed by atoms with Crippen molar-refractivity contribution in [3.05, 3.63) is 0 Å². The molecule has 0 radical (unpaired) electrons. The van der Waals surface area contributed by atoms with Crippen molar-refractivity contribution >= 4 is 17.9 Å². The standard InChI is InChI=1S/C14H23N3O4/c1-11(18)15-6-8-16(9-7-15)14(21)17-5-3-2-4-12(17)10-13(19)20/h12H,2-10H2,1H3,(H,19,20). The molecule has 0 bridgehead atoms. The SMILES string of the molecule is CC(=O)N1CCN(C(=O)N2CCCCC2CC(=O)O)CC1. The number of likely N-dealkylation sites (tertiary alicyclic amines) is 1. The van der Waals surface area contributed by atoms with E-state index >= 15 is 0 Å². The fourth-order valence-corrected chi connectivity index (χ4v) is 3.06. The number of amides is 3. The van der Waals surface area contributed by atoms with Crippen LogP contribution in [0.3, 0.4) is 0 Å². The summed E-state index contributed by atoms with van der Waals surface area (Å²) in [5, 5.41) is 8.98. The van der Waals surface area contributed by atoms with Crippen molar-refractivity contribution in [2.45, 2.75) is 38.6 Å². The van der Waals surface area contributed by atoms with Gasteiger partial charge in [0.15, 0.2) is 0 Å². The highest BCUT2D eigenvalue weighted by Gasteiger charge is 2.32. The van der Waals surface area contributed by atoms with Crippen LogP contribution in [0.2, 0.25) is 0 Å². The van der Waals surface area contributed by atoms with Crippen LogP contribution in [0.15, 0.2) is 0 Å². The van der Waals surface area contributed by atoms with Crippen molar-refractivity contribution < 1.29 is 19.5 Å². The molecule has 1 N–H and O–H groups in total. The molecule has 118 valence electrons. The molecule has 0 aromatic rings. The third-order valence-corrected chi connectivity index (χ3v) is 4.28. The van der Waals surface area contributed by atoms with Gasteiger partial charge in [-0.2, -0.15) is 0 Å². The molecule has 1 unspecified atom stereocenters. The third kappa shape index (κ3) is 3.86. The molecule has 2 rings (SSSR count). The fourth-order valence-electron chi connectivity index (χ4n) is 3.06. The molecule has 0 aliphatic carbocycles. The van der Waals surface area contributed by atoms with Crippen LogP contribution in [0.25, 0.3) is 0 Å². The summed E-state index contributed by atoms with van der Waals surface area (Å²) >= 11 is 0. The van der Waals surface area contributed by atoms with Crippen LogP contribution in [0, 0.1) is 0 Å². The van der Waals surface area contributed by atoms with E-state index in [1.807, 2.05) is 0 Å². The largest absolute Gasteiger partial charge is 0.481 e. The number of piperazine rings is 1. The molecule has 2 aliphatic rings. The summed E-state index contributed by atoms with van der Waals surface area (Å²) in [5.74, 6) is -0.829. The molecule has 7 nitrogen and oxygen atoms in total. The minimum atomic E-state index is -0.860. The van der Waals surface area contributed by atoms with Crippen molar-refractivity contribution in [1.82, 2.24) is 14.7 Å². The molecule has 2 saturated heterocycles. The molecule has 0 saturated carbocycles. The van der Waals surface area contributed by atoms with Crippen LogP contribution in [0.4, 0.5) is 4.79 Å². The zero-order chi connectivity index (χ0) is 15.4. The minimum Gasteiger partial charge on any atom is -0.481 e. The Hall–Kier alpha value is -1.79. The molecule has 21 heavy (non-hydrogen) atoms. The minimum absolute atomic E-state index is 0.0130. The Morgan fingerprint density at radius 3 is 2.19 bits per heavy atom. The van der Waals surface area contributed by atoms with E-state index in [1.54, 1.807) is 14.7 Å². The molecule has 2 heterocycles. The van der Waals surface area contributed by atoms with E-state index in [0.717, 1.165) is 19.3 Å². The number of rotatable bonds is 2. The number of carboxylic acids is 1. The molecule has 0 aromatic carbocycles. The van der Waals surface area contributed by atoms with Crippen molar-refractivity contribution in [1.29, 1.82) is 0 Å². The van der Waals surface area contributed by atoms with Gasteiger partial charge in [-0.1, -0.05) is 0 Å². The highest BCUT2D eigenvalue weighted by Crippen LogP contribution is 2.21. The van der Waals surface area contributed by atoms with E-state index in [4.69, 9.17) is 5.11 Å². The summed E-state index contributed by atoms with van der Waals surface area (Å²) in [6, 6.07) is -0.279. The number of nitrogens with zero attached hydrogens (tertiary/aromatic N) is 3. The van der Waals surface area contributed by atoms with Crippen molar-refractivity contribution in [3.8, 4) is 0 Å². The Morgan fingerprint density at radius 2 is 1.62 bits per heavy atom. The Morgan fingerprint density at radius 1 is 1.00 bits per heavy atom. The lowest BCUT2D eigenvalue weighted by molar-refractivity contribution is -0.138. The highest BCUT2D eigenvalue weighted by molar-refractivity contribution is 5.77. The lowest BCUT2D eigenvalue weighted by atomic mass is 10.00. The first kappa shape index (κ1) is 15.6. The molecule has 2 fully saturated rings. The van der Waals surface area contributed by atoms with E-state index in [2.05, 4.69) is 0 Å². The number of hydrogen-bond acceptors (Lipinski definition) is 3. The van der Waals surface area contributed by atoms with Gasteiger partial charge in [0.25, 0.3) is 0 Å². The average molecular weight is 297 g/mol. The fraction of sp³-hybridized carbons (Fsp3) is 0.786. The van der Waals surface area contributed by atoms with Gasteiger partial charge in [-0.15, -0.1) is 0 Å². The summed E-state index contributed by atoms with van der Waals surface area (Å²) in [6.45, 7) is 4.31. The van der Waals surface area contributed by atoms with E-state index < -0.39 is 5.97 Å². The Balaban J connectivity index is 1.94. The lowest BCUT2D eigenvalue weighted by Gasteiger charge is -2.41. The molecule has 3 amide bonds. The van der Waals surface area contributed by atoms with Crippen LogP contribution in [-0.4, -0.2) is 76.5 Å². The van der Waals surface area contributed by atoms with Gasteiger partial charge in [0, 0.05) is 45.7 Å². The number of aliphatic carboxylic acids is 1. The van der Waals surface area contributed by atoms with Crippen LogP contribution >= 0.6 is 0 Å². The maximum Gasteiger partial charge on any atom is 0.320 e. The van der Waals surface area contributed by atoms with Gasteiger partial charge in [-0.3, -0.25) is 9.59 Å². The molecular formula is C14H23N3O4. The molecule has 0 aromatic heterocycles. The predicted octanol–water partition coefficient (Wildman–Crippen LogP) is 0.600. The van der Waals surface area contributed by atoms with Gasteiger partial charge in [0.2, 0.25) is 5.91 Å². The number of carboxylic acid groups (broad SMARTS) is 1. The van der Waals surface area contributed by atoms with Gasteiger partial charge < -0.3 is 19.8 Å². The zero-order valence-corrected chi connectivity index (χ0v) is 12.5. The average Bonchev–Trinajstić information content (AvgIpc) is 2.46. The first-order chi connectivity index (χ1) is 9.99. The van der Waals surface area contributed by atoms with Gasteiger partial charge in [0.05, 0.1) is 6.42 Å². The number of hydrogen-bond donors (Lipinski definition) is 1. The second-order valence-corrected chi connectivity index (χ2v) is 5.72. The van der Waals surface area contributed by atoms with Crippen LogP contribution < -0.4 is 0 Å². The smallest absolute Gasteiger partial charge is 0.320 e. The van der Waals surface area contributed by atoms with E-state index in [0.29, 0.717) is 32.7 Å². The van der Waals surface area contributed by atoms with Crippen LogP contribution in [0.1, 0.15) is 32.6 Å². The van der Waals surface area contributed by atoms with Gasteiger partial charge in [0.1, 0.15) is 0 Å². The van der Waals surface area contributed by atoms with E-state index in [1.165, 1.54) is 6.92 Å². The predicted molar refractivity (Wildman–Crippen MR) is 75.8 cm³/mol. The maximum absolute atomic E-state index is 12.6. The molecule has 1 atom stereocenters. The van der Waals surface area contributed by atoms with Crippen LogP contribution in [0.5, 0.6) is 0 Å². The van der Waals surface area contributed by atoms with E-state index in [9.17, 15) is 14.4 Å². The van der Waals surface area contributed by atoms with E-state index in [-0.39, 0.29) is 24.4 Å². The Kier molecular flexibility index (Phi) is 5.03. The van der Waals surface area contributed by atoms with Gasteiger partial charge in [-0.05, 0) is 19.3 Å². The third-order valence-electron chi connectivity index (χ3n) is 4.28. The molecule has 0 spiro atoms. The van der Waals surface area contributed by atoms with Gasteiger partial charge in [-0.25, -0.2) is 4.79 Å². The lowest BCUT2D eigenvalue weighted by Crippen LogP contribution is -2.56. The first-order valence-corrected chi connectivity index (χ1v) is 7.52. The van der Waals surface area contributed by atoms with Crippen molar-refractivity contribution in [2.75, 3.05) is 32.7 Å². The summed E-state index contributed by atoms with van der Waals surface area (Å²) in [5.41, 5.74) is 0. The summed E-state index contributed by atoms with van der Waals surface area (Å²) in [6.07, 6.45) is 2.67. The van der Waals surface area contributed by atoms with Crippen molar-refractivity contribution in [3.63, 3.8) is 0 Å². The second-order valence-electron chi connectivity index (χ2n) is 5.72. The molecule has 7 heteroatoms. The summed E-state index contributed by atoms with van der Waals surface area (Å²) in [4.78, 5) is 40.0. The number of piperidine rings is 1. The highest BCUT2D eigenvalue weighted by atomic mass is 16.4. The Labute approximate surface area is 124 Å². The number of carbonyl (C=O) groups is 3. The topological polar surface area (TPSA) is 81.2 Å². The van der Waals surface area contributed by atoms with Gasteiger partial charge >= 0.3 is 12.0 Å². The monoisotopic (exact) mass is 297 g/mol. The normalized spacial score (nSPS) is 23.1. The van der Waals surface area contributed by atoms with Crippen molar-refractivity contribution in [2.24, 2.45) is 0 Å². The maximum atomic E-state index is 12.6. The molecule has 2 aliphatic heterocycles. The zero-order valence-electron chi connectivity index (χ0n) is 12.5.